The summed E-state index contributed by atoms with van der Waals surface area (Å²) in [5, 5.41) is 0. The average Bonchev–Trinajstić information content (AvgIpc) is 2.99. The molecule has 1 aliphatic carbocycles. The monoisotopic (exact) mass is 326 g/mol. The van der Waals surface area contributed by atoms with Crippen molar-refractivity contribution >= 4 is 21.4 Å². The lowest BCUT2D eigenvalue weighted by Gasteiger charge is -2.20. The maximum atomic E-state index is 12.9. The number of rotatable bonds is 6. The van der Waals surface area contributed by atoms with E-state index in [-0.39, 0.29) is 12.6 Å². The van der Waals surface area contributed by atoms with Crippen LogP contribution in [0.25, 0.3) is 0 Å². The standard InChI is InChI=1S/C14H18N2O3S2/c1-10-14(7-13(8-15)20-10)21(17,18)16(11-4-5-11)9-12-3-2-6-19-12/h2-3,6-7,11H,4-5,8-9,15H2,1H3. The molecular weight excluding hydrogens is 308 g/mol. The summed E-state index contributed by atoms with van der Waals surface area (Å²) in [6.45, 7) is 2.48. The molecule has 0 unspecified atom stereocenters. The lowest BCUT2D eigenvalue weighted by molar-refractivity contribution is 0.356. The molecule has 0 aliphatic heterocycles. The lowest BCUT2D eigenvalue weighted by atomic mass is 10.4. The van der Waals surface area contributed by atoms with E-state index in [1.54, 1.807) is 28.8 Å². The number of hydrogen-bond donors (Lipinski definition) is 1. The van der Waals surface area contributed by atoms with E-state index in [2.05, 4.69) is 0 Å². The fourth-order valence-corrected chi connectivity index (χ4v) is 5.47. The summed E-state index contributed by atoms with van der Waals surface area (Å²) >= 11 is 1.44. The molecular formula is C14H18N2O3S2. The van der Waals surface area contributed by atoms with Crippen molar-refractivity contribution in [3.05, 3.63) is 40.0 Å². The van der Waals surface area contributed by atoms with Crippen LogP contribution >= 0.6 is 11.3 Å². The van der Waals surface area contributed by atoms with E-state index >= 15 is 0 Å². The first-order chi connectivity index (χ1) is 10.0. The Morgan fingerprint density at radius 2 is 2.24 bits per heavy atom. The zero-order chi connectivity index (χ0) is 15.0. The van der Waals surface area contributed by atoms with Gasteiger partial charge in [-0.15, -0.1) is 11.3 Å². The molecule has 2 heterocycles. The summed E-state index contributed by atoms with van der Waals surface area (Å²) in [5.74, 6) is 0.664. The quantitative estimate of drug-likeness (QED) is 0.884. The van der Waals surface area contributed by atoms with E-state index in [4.69, 9.17) is 10.2 Å². The summed E-state index contributed by atoms with van der Waals surface area (Å²) in [6, 6.07) is 5.36. The molecule has 2 N–H and O–H groups in total. The molecule has 1 aliphatic rings. The van der Waals surface area contributed by atoms with Crippen LogP contribution in [-0.4, -0.2) is 18.8 Å². The fraction of sp³-hybridized carbons (Fsp3) is 0.429. The second-order valence-electron chi connectivity index (χ2n) is 5.20. The maximum Gasteiger partial charge on any atom is 0.244 e. The predicted octanol–water partition coefficient (Wildman–Crippen LogP) is 2.46. The number of thiophene rings is 1. The first-order valence-corrected chi connectivity index (χ1v) is 9.11. The van der Waals surface area contributed by atoms with E-state index in [1.165, 1.54) is 11.3 Å². The molecule has 0 radical (unpaired) electrons. The van der Waals surface area contributed by atoms with Gasteiger partial charge in [0.1, 0.15) is 5.76 Å². The zero-order valence-corrected chi connectivity index (χ0v) is 13.4. The fourth-order valence-electron chi connectivity index (χ4n) is 2.34. The summed E-state index contributed by atoms with van der Waals surface area (Å²) < 4.78 is 32.7. The van der Waals surface area contributed by atoms with Gasteiger partial charge in [-0.2, -0.15) is 4.31 Å². The van der Waals surface area contributed by atoms with Crippen molar-refractivity contribution in [2.75, 3.05) is 0 Å². The van der Waals surface area contributed by atoms with Crippen LogP contribution in [0.15, 0.2) is 33.8 Å². The lowest BCUT2D eigenvalue weighted by Crippen LogP contribution is -2.32. The normalized spacial score (nSPS) is 15.8. The first kappa shape index (κ1) is 14.8. The summed E-state index contributed by atoms with van der Waals surface area (Å²) in [4.78, 5) is 2.06. The molecule has 2 aromatic heterocycles. The van der Waals surface area contributed by atoms with Crippen LogP contribution in [0.1, 0.15) is 28.4 Å². The average molecular weight is 326 g/mol. The van der Waals surface area contributed by atoms with E-state index in [9.17, 15) is 8.42 Å². The third-order valence-electron chi connectivity index (χ3n) is 3.56. The van der Waals surface area contributed by atoms with Crippen LogP contribution < -0.4 is 5.73 Å². The molecule has 114 valence electrons. The molecule has 21 heavy (non-hydrogen) atoms. The highest BCUT2D eigenvalue weighted by Gasteiger charge is 2.39. The summed E-state index contributed by atoms with van der Waals surface area (Å²) in [5.41, 5.74) is 5.62. The van der Waals surface area contributed by atoms with Crippen molar-refractivity contribution < 1.29 is 12.8 Å². The molecule has 1 saturated carbocycles. The molecule has 0 amide bonds. The topological polar surface area (TPSA) is 76.5 Å². The van der Waals surface area contributed by atoms with Gasteiger partial charge in [0.25, 0.3) is 0 Å². The van der Waals surface area contributed by atoms with Gasteiger partial charge in [0.2, 0.25) is 10.0 Å². The molecule has 0 spiro atoms. The van der Waals surface area contributed by atoms with Gasteiger partial charge < -0.3 is 10.2 Å². The second kappa shape index (κ2) is 5.57. The van der Waals surface area contributed by atoms with Gasteiger partial charge in [-0.05, 0) is 38.0 Å². The Kier molecular flexibility index (Phi) is 3.92. The van der Waals surface area contributed by atoms with Crippen LogP contribution in [0.5, 0.6) is 0 Å². The molecule has 5 nitrogen and oxygen atoms in total. The predicted molar refractivity (Wildman–Crippen MR) is 81.4 cm³/mol. The minimum atomic E-state index is -3.51. The number of hydrogen-bond acceptors (Lipinski definition) is 5. The third-order valence-corrected chi connectivity index (χ3v) is 6.78. The van der Waals surface area contributed by atoms with Gasteiger partial charge in [0.15, 0.2) is 0 Å². The van der Waals surface area contributed by atoms with Gasteiger partial charge in [0.05, 0.1) is 17.7 Å². The largest absolute Gasteiger partial charge is 0.468 e. The van der Waals surface area contributed by atoms with Crippen LogP contribution in [0, 0.1) is 6.92 Å². The summed E-state index contributed by atoms with van der Waals surface area (Å²) in [6.07, 6.45) is 3.38. The van der Waals surface area contributed by atoms with Gasteiger partial charge in [-0.1, -0.05) is 0 Å². The van der Waals surface area contributed by atoms with Crippen LogP contribution in [0.3, 0.4) is 0 Å². The van der Waals surface area contributed by atoms with Crippen molar-refractivity contribution in [2.45, 2.75) is 43.8 Å². The molecule has 0 bridgehead atoms. The zero-order valence-electron chi connectivity index (χ0n) is 11.8. The Bertz CT molecular complexity index is 715. The molecule has 0 saturated heterocycles. The van der Waals surface area contributed by atoms with E-state index in [0.717, 1.165) is 22.6 Å². The highest BCUT2D eigenvalue weighted by molar-refractivity contribution is 7.89. The number of sulfonamides is 1. The molecule has 7 heteroatoms. The number of nitrogens with zero attached hydrogens (tertiary/aromatic N) is 1. The molecule has 1 fully saturated rings. The maximum absolute atomic E-state index is 12.9. The second-order valence-corrected chi connectivity index (χ2v) is 8.40. The van der Waals surface area contributed by atoms with E-state index in [1.807, 2.05) is 6.92 Å². The van der Waals surface area contributed by atoms with Crippen molar-refractivity contribution in [2.24, 2.45) is 5.73 Å². The minimum absolute atomic E-state index is 0.0840. The first-order valence-electron chi connectivity index (χ1n) is 6.86. The van der Waals surface area contributed by atoms with E-state index < -0.39 is 10.0 Å². The van der Waals surface area contributed by atoms with Crippen molar-refractivity contribution in [1.29, 1.82) is 0 Å². The van der Waals surface area contributed by atoms with Gasteiger partial charge in [-0.3, -0.25) is 0 Å². The Labute approximate surface area is 128 Å². The van der Waals surface area contributed by atoms with Crippen molar-refractivity contribution in [3.63, 3.8) is 0 Å². The third kappa shape index (κ3) is 2.91. The van der Waals surface area contributed by atoms with Crippen LogP contribution in [0.2, 0.25) is 0 Å². The molecule has 0 atom stereocenters. The van der Waals surface area contributed by atoms with E-state index in [0.29, 0.717) is 17.2 Å². The Morgan fingerprint density at radius 3 is 2.76 bits per heavy atom. The summed E-state index contributed by atoms with van der Waals surface area (Å²) in [7, 11) is -3.51. The number of aryl methyl sites for hydroxylation is 1. The van der Waals surface area contributed by atoms with Crippen molar-refractivity contribution in [1.82, 2.24) is 4.31 Å². The smallest absolute Gasteiger partial charge is 0.244 e. The Morgan fingerprint density at radius 1 is 1.48 bits per heavy atom. The highest BCUT2D eigenvalue weighted by atomic mass is 32.2. The molecule has 0 aromatic carbocycles. The van der Waals surface area contributed by atoms with Gasteiger partial charge in [0, 0.05) is 22.3 Å². The Balaban J connectivity index is 1.95. The Hall–Kier alpha value is -1.15. The SMILES string of the molecule is Cc1sc(CN)cc1S(=O)(=O)N(Cc1ccco1)C1CC1. The number of nitrogens with two attached hydrogens (primary N) is 1. The van der Waals surface area contributed by atoms with Gasteiger partial charge in [-0.25, -0.2) is 8.42 Å². The minimum Gasteiger partial charge on any atom is -0.468 e. The molecule has 2 aromatic rings. The highest BCUT2D eigenvalue weighted by Crippen LogP contribution is 2.36. The van der Waals surface area contributed by atoms with Crippen LogP contribution in [0.4, 0.5) is 0 Å². The number of furan rings is 1. The van der Waals surface area contributed by atoms with Gasteiger partial charge >= 0.3 is 0 Å². The van der Waals surface area contributed by atoms with Crippen molar-refractivity contribution in [3.8, 4) is 0 Å². The van der Waals surface area contributed by atoms with Crippen LogP contribution in [-0.2, 0) is 23.1 Å². The molecule has 3 rings (SSSR count).